The second-order valence-corrected chi connectivity index (χ2v) is 11.7. The van der Waals surface area contributed by atoms with Crippen LogP contribution in [-0.4, -0.2) is 19.9 Å². The van der Waals surface area contributed by atoms with Crippen LogP contribution in [0.5, 0.6) is 0 Å². The highest BCUT2D eigenvalue weighted by molar-refractivity contribution is 7.99. The smallest absolute Gasteiger partial charge is 0.240 e. The van der Waals surface area contributed by atoms with Crippen molar-refractivity contribution in [1.29, 1.82) is 0 Å². The van der Waals surface area contributed by atoms with Crippen LogP contribution in [0.3, 0.4) is 0 Å². The van der Waals surface area contributed by atoms with Crippen molar-refractivity contribution in [3.63, 3.8) is 0 Å². The SMILES string of the molecule is Cc1cc2c(cc1S(=O)(=O)NCCc1cccnc1)Sc1ccccc1C21CCCCC1. The van der Waals surface area contributed by atoms with Crippen LogP contribution in [-0.2, 0) is 21.9 Å². The second-order valence-electron chi connectivity index (χ2n) is 8.86. The molecule has 1 N–H and O–H groups in total. The second kappa shape index (κ2) is 8.65. The van der Waals surface area contributed by atoms with Crippen molar-refractivity contribution in [3.05, 3.63) is 83.2 Å². The molecule has 0 amide bonds. The van der Waals surface area contributed by atoms with E-state index < -0.39 is 10.0 Å². The zero-order valence-corrected chi connectivity index (χ0v) is 19.9. The van der Waals surface area contributed by atoms with Crippen LogP contribution >= 0.6 is 11.8 Å². The molecule has 0 unspecified atom stereocenters. The van der Waals surface area contributed by atoms with Gasteiger partial charge >= 0.3 is 0 Å². The molecular formula is C26H28N2O2S2. The Hall–Kier alpha value is -2.15. The highest BCUT2D eigenvalue weighted by Crippen LogP contribution is 2.55. The van der Waals surface area contributed by atoms with E-state index >= 15 is 0 Å². The van der Waals surface area contributed by atoms with Gasteiger partial charge in [0, 0.05) is 34.1 Å². The fourth-order valence-corrected chi connectivity index (χ4v) is 7.93. The minimum Gasteiger partial charge on any atom is -0.264 e. The summed E-state index contributed by atoms with van der Waals surface area (Å²) in [7, 11) is -3.60. The van der Waals surface area contributed by atoms with Crippen molar-refractivity contribution in [2.75, 3.05) is 6.54 Å². The lowest BCUT2D eigenvalue weighted by atomic mass is 9.65. The zero-order chi connectivity index (χ0) is 22.2. The van der Waals surface area contributed by atoms with Gasteiger partial charge in [0.25, 0.3) is 0 Å². The molecule has 166 valence electrons. The van der Waals surface area contributed by atoms with Gasteiger partial charge in [-0.05, 0) is 66.6 Å². The van der Waals surface area contributed by atoms with E-state index in [0.29, 0.717) is 17.9 Å². The molecule has 1 aliphatic heterocycles. The Morgan fingerprint density at radius 1 is 1.00 bits per heavy atom. The third-order valence-electron chi connectivity index (χ3n) is 6.84. The first-order chi connectivity index (χ1) is 15.5. The van der Waals surface area contributed by atoms with E-state index in [1.807, 2.05) is 25.1 Å². The quantitative estimate of drug-likeness (QED) is 0.532. The van der Waals surface area contributed by atoms with Crippen LogP contribution in [0, 0.1) is 6.92 Å². The molecule has 2 heterocycles. The normalized spacial score (nSPS) is 17.0. The Bertz CT molecular complexity index is 1230. The largest absolute Gasteiger partial charge is 0.264 e. The summed E-state index contributed by atoms with van der Waals surface area (Å²) in [6.07, 6.45) is 10.1. The number of hydrogen-bond acceptors (Lipinski definition) is 4. The summed E-state index contributed by atoms with van der Waals surface area (Å²) in [5, 5.41) is 0. The van der Waals surface area contributed by atoms with Gasteiger partial charge in [-0.3, -0.25) is 4.98 Å². The van der Waals surface area contributed by atoms with Crippen molar-refractivity contribution in [2.24, 2.45) is 0 Å². The molecule has 2 aromatic carbocycles. The molecule has 3 aromatic rings. The van der Waals surface area contributed by atoms with E-state index in [2.05, 4.69) is 40.0 Å². The van der Waals surface area contributed by atoms with Crippen molar-refractivity contribution in [1.82, 2.24) is 9.71 Å². The molecule has 0 radical (unpaired) electrons. The zero-order valence-electron chi connectivity index (χ0n) is 18.3. The number of hydrogen-bond donors (Lipinski definition) is 1. The van der Waals surface area contributed by atoms with Gasteiger partial charge in [-0.1, -0.05) is 61.4 Å². The van der Waals surface area contributed by atoms with Gasteiger partial charge in [-0.15, -0.1) is 0 Å². The average molecular weight is 465 g/mol. The first-order valence-corrected chi connectivity index (χ1v) is 13.6. The number of benzene rings is 2. The molecule has 32 heavy (non-hydrogen) atoms. The first-order valence-electron chi connectivity index (χ1n) is 11.3. The summed E-state index contributed by atoms with van der Waals surface area (Å²) >= 11 is 1.71. The lowest BCUT2D eigenvalue weighted by Gasteiger charge is -2.43. The molecule has 5 rings (SSSR count). The summed E-state index contributed by atoms with van der Waals surface area (Å²) < 4.78 is 29.2. The number of nitrogens with one attached hydrogen (secondary N) is 1. The Morgan fingerprint density at radius 3 is 2.59 bits per heavy atom. The van der Waals surface area contributed by atoms with Crippen LogP contribution in [0.4, 0.5) is 0 Å². The molecular weight excluding hydrogens is 436 g/mol. The van der Waals surface area contributed by atoms with E-state index in [0.717, 1.165) is 28.9 Å². The van der Waals surface area contributed by atoms with Gasteiger partial charge in [0.2, 0.25) is 10.0 Å². The van der Waals surface area contributed by atoms with Gasteiger partial charge in [0.1, 0.15) is 0 Å². The van der Waals surface area contributed by atoms with Crippen molar-refractivity contribution < 1.29 is 8.42 Å². The monoisotopic (exact) mass is 464 g/mol. The summed E-state index contributed by atoms with van der Waals surface area (Å²) in [4.78, 5) is 6.84. The van der Waals surface area contributed by atoms with Crippen LogP contribution < -0.4 is 4.72 Å². The van der Waals surface area contributed by atoms with Crippen molar-refractivity contribution in [2.45, 2.75) is 65.6 Å². The fourth-order valence-electron chi connectivity index (χ4n) is 5.28. The van der Waals surface area contributed by atoms with E-state index in [1.165, 1.54) is 35.3 Å². The maximum absolute atomic E-state index is 13.2. The van der Waals surface area contributed by atoms with Crippen molar-refractivity contribution >= 4 is 21.8 Å². The van der Waals surface area contributed by atoms with E-state index in [4.69, 9.17) is 0 Å². The minimum absolute atomic E-state index is 0.0101. The highest BCUT2D eigenvalue weighted by atomic mass is 32.2. The van der Waals surface area contributed by atoms with Gasteiger partial charge in [0.05, 0.1) is 4.90 Å². The standard InChI is InChI=1S/C26H28N2O2S2/c1-19-16-22-24(17-25(19)32(29,30)28-15-11-20-8-7-14-27-18-20)31-23-10-4-3-9-21(23)26(22)12-5-2-6-13-26/h3-4,7-10,14,16-18,28H,2,5-6,11-13,15H2,1H3. The molecule has 1 aliphatic carbocycles. The maximum atomic E-state index is 13.2. The summed E-state index contributed by atoms with van der Waals surface area (Å²) in [5.74, 6) is 0. The minimum atomic E-state index is -3.60. The first kappa shape index (κ1) is 21.7. The Labute approximate surface area is 194 Å². The predicted octanol–water partition coefficient (Wildman–Crippen LogP) is 5.63. The van der Waals surface area contributed by atoms with E-state index in [9.17, 15) is 8.42 Å². The fraction of sp³-hybridized carbons (Fsp3) is 0.346. The summed E-state index contributed by atoms with van der Waals surface area (Å²) in [6, 6.07) is 16.6. The third kappa shape index (κ3) is 3.89. The topological polar surface area (TPSA) is 59.1 Å². The highest BCUT2D eigenvalue weighted by Gasteiger charge is 2.42. The van der Waals surface area contributed by atoms with Crippen LogP contribution in [0.25, 0.3) is 0 Å². The number of rotatable bonds is 5. The summed E-state index contributed by atoms with van der Waals surface area (Å²) in [5.41, 5.74) is 4.58. The van der Waals surface area contributed by atoms with Crippen LogP contribution in [0.1, 0.15) is 54.4 Å². The van der Waals surface area contributed by atoms with Crippen LogP contribution in [0.15, 0.2) is 75.6 Å². The molecule has 6 heteroatoms. The summed E-state index contributed by atoms with van der Waals surface area (Å²) in [6.45, 7) is 2.28. The van der Waals surface area contributed by atoms with Crippen LogP contribution in [0.2, 0.25) is 0 Å². The third-order valence-corrected chi connectivity index (χ3v) is 9.58. The van der Waals surface area contributed by atoms with E-state index in [-0.39, 0.29) is 5.41 Å². The molecule has 2 aliphatic rings. The van der Waals surface area contributed by atoms with Gasteiger partial charge in [-0.25, -0.2) is 13.1 Å². The lowest BCUT2D eigenvalue weighted by Crippen LogP contribution is -2.34. The molecule has 1 spiro atoms. The van der Waals surface area contributed by atoms with Gasteiger partial charge in [0.15, 0.2) is 0 Å². The molecule has 0 bridgehead atoms. The molecule has 4 nitrogen and oxygen atoms in total. The Morgan fingerprint density at radius 2 is 1.81 bits per heavy atom. The molecule has 0 atom stereocenters. The molecule has 0 saturated heterocycles. The molecule has 1 saturated carbocycles. The number of pyridine rings is 1. The van der Waals surface area contributed by atoms with Crippen molar-refractivity contribution in [3.8, 4) is 0 Å². The number of sulfonamides is 1. The Balaban J connectivity index is 1.48. The van der Waals surface area contributed by atoms with Gasteiger partial charge in [-0.2, -0.15) is 0 Å². The predicted molar refractivity (Wildman–Crippen MR) is 129 cm³/mol. The van der Waals surface area contributed by atoms with E-state index in [1.54, 1.807) is 24.2 Å². The molecule has 1 aromatic heterocycles. The molecule has 1 fully saturated rings. The average Bonchev–Trinajstić information content (AvgIpc) is 2.81. The Kier molecular flexibility index (Phi) is 5.86. The number of nitrogens with zero attached hydrogens (tertiary/aromatic N) is 1. The van der Waals surface area contributed by atoms with Gasteiger partial charge < -0.3 is 0 Å². The lowest BCUT2D eigenvalue weighted by molar-refractivity contribution is 0.335. The maximum Gasteiger partial charge on any atom is 0.240 e. The number of aryl methyl sites for hydroxylation is 1. The number of aromatic nitrogens is 1. The number of fused-ring (bicyclic) bond motifs is 4.